The summed E-state index contributed by atoms with van der Waals surface area (Å²) in [7, 11) is 0. The maximum atomic E-state index is 6.25. The Morgan fingerprint density at radius 2 is 1.92 bits per heavy atom. The molecule has 2 fully saturated rings. The van der Waals surface area contributed by atoms with Crippen LogP contribution in [-0.4, -0.2) is 17.1 Å². The third-order valence-electron chi connectivity index (χ3n) is 3.40. The molecule has 2 unspecified atom stereocenters. The standard InChI is InChI=1S/C11H19ClO/c1-9-7-10(12)8-11(13-9)5-3-2-4-6-11/h9-10H,2-8H2,1H3. The highest BCUT2D eigenvalue weighted by molar-refractivity contribution is 6.20. The molecule has 1 aliphatic carbocycles. The zero-order valence-corrected chi connectivity index (χ0v) is 9.15. The minimum absolute atomic E-state index is 0.169. The number of halogens is 1. The lowest BCUT2D eigenvalue weighted by Gasteiger charge is -2.44. The summed E-state index contributed by atoms with van der Waals surface area (Å²) in [6.45, 7) is 2.16. The number of alkyl halides is 1. The number of ether oxygens (including phenoxy) is 1. The van der Waals surface area contributed by atoms with Gasteiger partial charge in [0.2, 0.25) is 0 Å². The van der Waals surface area contributed by atoms with Gasteiger partial charge < -0.3 is 4.74 Å². The van der Waals surface area contributed by atoms with Crippen LogP contribution in [0.4, 0.5) is 0 Å². The average Bonchev–Trinajstić information content (AvgIpc) is 2.02. The Balaban J connectivity index is 2.02. The second-order valence-electron chi connectivity index (χ2n) is 4.71. The number of hydrogen-bond donors (Lipinski definition) is 0. The topological polar surface area (TPSA) is 9.23 Å². The normalized spacial score (nSPS) is 39.2. The molecule has 1 spiro atoms. The van der Waals surface area contributed by atoms with Crippen molar-refractivity contribution >= 4 is 11.6 Å². The molecule has 0 N–H and O–H groups in total. The van der Waals surface area contributed by atoms with Gasteiger partial charge in [-0.2, -0.15) is 0 Å². The molecule has 13 heavy (non-hydrogen) atoms. The summed E-state index contributed by atoms with van der Waals surface area (Å²) < 4.78 is 6.10. The van der Waals surface area contributed by atoms with Crippen molar-refractivity contribution in [2.75, 3.05) is 0 Å². The van der Waals surface area contributed by atoms with E-state index in [1.54, 1.807) is 0 Å². The van der Waals surface area contributed by atoms with E-state index in [-0.39, 0.29) is 5.60 Å². The second kappa shape index (κ2) is 3.78. The largest absolute Gasteiger partial charge is 0.372 e. The highest BCUT2D eigenvalue weighted by atomic mass is 35.5. The van der Waals surface area contributed by atoms with Gasteiger partial charge in [-0.05, 0) is 32.6 Å². The van der Waals surface area contributed by atoms with Crippen LogP contribution < -0.4 is 0 Å². The van der Waals surface area contributed by atoms with E-state index in [2.05, 4.69) is 6.92 Å². The van der Waals surface area contributed by atoms with Crippen molar-refractivity contribution in [1.82, 2.24) is 0 Å². The van der Waals surface area contributed by atoms with Gasteiger partial charge in [-0.25, -0.2) is 0 Å². The minimum atomic E-state index is 0.169. The van der Waals surface area contributed by atoms with Crippen LogP contribution in [0.3, 0.4) is 0 Å². The number of hydrogen-bond acceptors (Lipinski definition) is 1. The summed E-state index contributed by atoms with van der Waals surface area (Å²) in [5, 5.41) is 0.349. The smallest absolute Gasteiger partial charge is 0.0700 e. The Hall–Kier alpha value is 0.250. The Bertz CT molecular complexity index is 163. The van der Waals surface area contributed by atoms with Crippen molar-refractivity contribution in [2.24, 2.45) is 0 Å². The van der Waals surface area contributed by atoms with E-state index in [1.807, 2.05) is 0 Å². The molecule has 0 aromatic rings. The fraction of sp³-hybridized carbons (Fsp3) is 1.00. The molecule has 1 nitrogen and oxygen atoms in total. The van der Waals surface area contributed by atoms with Gasteiger partial charge in [-0.15, -0.1) is 11.6 Å². The molecule has 2 heteroatoms. The molecule has 2 aliphatic rings. The van der Waals surface area contributed by atoms with Gasteiger partial charge in [0, 0.05) is 5.38 Å². The quantitative estimate of drug-likeness (QED) is 0.547. The third-order valence-corrected chi connectivity index (χ3v) is 3.73. The summed E-state index contributed by atoms with van der Waals surface area (Å²) in [4.78, 5) is 0. The summed E-state index contributed by atoms with van der Waals surface area (Å²) in [5.74, 6) is 0. The minimum Gasteiger partial charge on any atom is -0.372 e. The summed E-state index contributed by atoms with van der Waals surface area (Å²) in [6, 6.07) is 0. The molecule has 2 atom stereocenters. The van der Waals surface area contributed by atoms with Crippen LogP contribution in [0.15, 0.2) is 0 Å². The molecule has 1 saturated heterocycles. The highest BCUT2D eigenvalue weighted by Gasteiger charge is 2.40. The maximum Gasteiger partial charge on any atom is 0.0700 e. The summed E-state index contributed by atoms with van der Waals surface area (Å²) in [5.41, 5.74) is 0.169. The summed E-state index contributed by atoms with van der Waals surface area (Å²) >= 11 is 6.25. The average molecular weight is 203 g/mol. The zero-order chi connectivity index (χ0) is 9.31. The van der Waals surface area contributed by atoms with Crippen LogP contribution in [0.1, 0.15) is 51.9 Å². The first kappa shape index (κ1) is 9.79. The maximum absolute atomic E-state index is 6.25. The summed E-state index contributed by atoms with van der Waals surface area (Å²) in [6.07, 6.45) is 9.00. The van der Waals surface area contributed by atoms with E-state index >= 15 is 0 Å². The SMILES string of the molecule is CC1CC(Cl)CC2(CCCCC2)O1. The van der Waals surface area contributed by atoms with E-state index in [9.17, 15) is 0 Å². The molecule has 0 aromatic heterocycles. The Morgan fingerprint density at radius 1 is 1.23 bits per heavy atom. The molecule has 1 heterocycles. The molecule has 1 aliphatic heterocycles. The molecule has 0 bridgehead atoms. The molecule has 76 valence electrons. The predicted molar refractivity (Wildman–Crippen MR) is 55.2 cm³/mol. The van der Waals surface area contributed by atoms with Crippen LogP contribution in [0.5, 0.6) is 0 Å². The number of rotatable bonds is 0. The molecule has 0 aromatic carbocycles. The van der Waals surface area contributed by atoms with Gasteiger partial charge in [-0.3, -0.25) is 0 Å². The predicted octanol–water partition coefficient (Wildman–Crippen LogP) is 3.50. The van der Waals surface area contributed by atoms with E-state index in [0.29, 0.717) is 11.5 Å². The molecular formula is C11H19ClO. The van der Waals surface area contributed by atoms with Gasteiger partial charge >= 0.3 is 0 Å². The first-order chi connectivity index (χ1) is 6.20. The van der Waals surface area contributed by atoms with Gasteiger partial charge in [0.15, 0.2) is 0 Å². The van der Waals surface area contributed by atoms with Crippen molar-refractivity contribution in [3.63, 3.8) is 0 Å². The first-order valence-electron chi connectivity index (χ1n) is 5.52. The van der Waals surface area contributed by atoms with Crippen molar-refractivity contribution in [3.8, 4) is 0 Å². The van der Waals surface area contributed by atoms with E-state index in [1.165, 1.54) is 32.1 Å². The molecule has 0 amide bonds. The van der Waals surface area contributed by atoms with Crippen molar-refractivity contribution in [1.29, 1.82) is 0 Å². The van der Waals surface area contributed by atoms with Crippen LogP contribution in [0.25, 0.3) is 0 Å². The highest BCUT2D eigenvalue weighted by Crippen LogP contribution is 2.41. The van der Waals surface area contributed by atoms with Gasteiger partial charge in [0.05, 0.1) is 11.7 Å². The van der Waals surface area contributed by atoms with Crippen molar-refractivity contribution < 1.29 is 4.74 Å². The first-order valence-corrected chi connectivity index (χ1v) is 5.96. The lowest BCUT2D eigenvalue weighted by Crippen LogP contribution is -2.45. The molecule has 0 radical (unpaired) electrons. The van der Waals surface area contributed by atoms with Crippen molar-refractivity contribution in [3.05, 3.63) is 0 Å². The monoisotopic (exact) mass is 202 g/mol. The van der Waals surface area contributed by atoms with E-state index in [0.717, 1.165) is 12.8 Å². The van der Waals surface area contributed by atoms with Gasteiger partial charge in [0.25, 0.3) is 0 Å². The van der Waals surface area contributed by atoms with E-state index in [4.69, 9.17) is 16.3 Å². The Labute approximate surface area is 85.8 Å². The van der Waals surface area contributed by atoms with E-state index < -0.39 is 0 Å². The molecular weight excluding hydrogens is 184 g/mol. The van der Waals surface area contributed by atoms with Gasteiger partial charge in [-0.1, -0.05) is 19.3 Å². The van der Waals surface area contributed by atoms with Crippen LogP contribution in [0, 0.1) is 0 Å². The van der Waals surface area contributed by atoms with Crippen LogP contribution in [-0.2, 0) is 4.74 Å². The van der Waals surface area contributed by atoms with Crippen molar-refractivity contribution in [2.45, 2.75) is 69.0 Å². The molecule has 2 rings (SSSR count). The third kappa shape index (κ3) is 2.19. The molecule has 1 saturated carbocycles. The van der Waals surface area contributed by atoms with Gasteiger partial charge in [0.1, 0.15) is 0 Å². The Kier molecular flexibility index (Phi) is 2.85. The fourth-order valence-corrected chi connectivity index (χ4v) is 3.42. The van der Waals surface area contributed by atoms with Crippen LogP contribution >= 0.6 is 11.6 Å². The Morgan fingerprint density at radius 3 is 2.54 bits per heavy atom. The lowest BCUT2D eigenvalue weighted by atomic mass is 9.79. The second-order valence-corrected chi connectivity index (χ2v) is 5.33. The van der Waals surface area contributed by atoms with Crippen LogP contribution in [0.2, 0.25) is 0 Å². The zero-order valence-electron chi connectivity index (χ0n) is 8.39. The fourth-order valence-electron chi connectivity index (χ4n) is 2.89. The lowest BCUT2D eigenvalue weighted by molar-refractivity contribution is -0.137.